The average molecular weight is 677 g/mol. The zero-order valence-electron chi connectivity index (χ0n) is 28.7. The summed E-state index contributed by atoms with van der Waals surface area (Å²) in [5.41, 5.74) is 3.20. The summed E-state index contributed by atoms with van der Waals surface area (Å²) in [7, 11) is 0. The molecule has 4 saturated heterocycles. The second-order valence-corrected chi connectivity index (χ2v) is 14.0. The fraction of sp³-hybridized carbons (Fsp3) is 0.538. The molecule has 4 aliphatic rings. The molecule has 4 fully saturated rings. The minimum absolute atomic E-state index is 0.274. The van der Waals surface area contributed by atoms with Crippen molar-refractivity contribution in [2.24, 2.45) is 0 Å². The van der Waals surface area contributed by atoms with E-state index in [-0.39, 0.29) is 18.8 Å². The molecule has 0 bridgehead atoms. The zero-order chi connectivity index (χ0) is 33.8. The molecule has 0 N–H and O–H groups in total. The lowest BCUT2D eigenvalue weighted by molar-refractivity contribution is -0.305. The summed E-state index contributed by atoms with van der Waals surface area (Å²) in [6.45, 7) is 9.41. The van der Waals surface area contributed by atoms with Gasteiger partial charge in [-0.3, -0.25) is 0 Å². The number of hydrogen-bond donors (Lipinski definition) is 0. The highest BCUT2D eigenvalue weighted by atomic mass is 16.9. The highest BCUT2D eigenvalue weighted by Gasteiger charge is 2.60. The van der Waals surface area contributed by atoms with Crippen LogP contribution in [0.4, 0.5) is 0 Å². The summed E-state index contributed by atoms with van der Waals surface area (Å²) in [5, 5.41) is 0. The van der Waals surface area contributed by atoms with Crippen molar-refractivity contribution in [2.75, 3.05) is 13.2 Å². The summed E-state index contributed by atoms with van der Waals surface area (Å²) in [6.07, 6.45) is -4.08. The van der Waals surface area contributed by atoms with Crippen LogP contribution in [-0.2, 0) is 67.2 Å². The van der Waals surface area contributed by atoms with E-state index >= 15 is 0 Å². The molecule has 0 amide bonds. The van der Waals surface area contributed by atoms with E-state index in [4.69, 9.17) is 47.4 Å². The molecule has 0 saturated carbocycles. The van der Waals surface area contributed by atoms with E-state index in [2.05, 4.69) is 12.1 Å². The Morgan fingerprint density at radius 2 is 1.24 bits per heavy atom. The van der Waals surface area contributed by atoms with Gasteiger partial charge in [0, 0.05) is 6.42 Å². The Morgan fingerprint density at radius 3 is 1.86 bits per heavy atom. The van der Waals surface area contributed by atoms with Crippen molar-refractivity contribution in [1.29, 1.82) is 0 Å². The normalized spacial score (nSPS) is 33.4. The molecule has 4 aliphatic heterocycles. The molecular weight excluding hydrogens is 628 g/mol. The predicted molar refractivity (Wildman–Crippen MR) is 178 cm³/mol. The van der Waals surface area contributed by atoms with Crippen molar-refractivity contribution in [3.63, 3.8) is 0 Å². The largest absolute Gasteiger partial charge is 0.374 e. The molecule has 0 aliphatic carbocycles. The quantitative estimate of drug-likeness (QED) is 0.218. The minimum Gasteiger partial charge on any atom is -0.374 e. The van der Waals surface area contributed by atoms with Crippen molar-refractivity contribution in [3.05, 3.63) is 108 Å². The van der Waals surface area contributed by atoms with Crippen LogP contribution in [-0.4, -0.2) is 80.1 Å². The van der Waals surface area contributed by atoms with Gasteiger partial charge in [0.15, 0.2) is 24.2 Å². The first-order valence-electron chi connectivity index (χ1n) is 17.3. The Balaban J connectivity index is 1.13. The molecule has 10 heteroatoms. The van der Waals surface area contributed by atoms with E-state index in [0.717, 1.165) is 16.7 Å². The van der Waals surface area contributed by atoms with Gasteiger partial charge in [-0.2, -0.15) is 0 Å². The van der Waals surface area contributed by atoms with Crippen LogP contribution in [0.3, 0.4) is 0 Å². The first kappa shape index (κ1) is 34.7. The van der Waals surface area contributed by atoms with Gasteiger partial charge >= 0.3 is 0 Å². The third-order valence-electron chi connectivity index (χ3n) is 9.20. The van der Waals surface area contributed by atoms with Gasteiger partial charge in [-0.25, -0.2) is 0 Å². The molecule has 3 aromatic rings. The lowest BCUT2D eigenvalue weighted by atomic mass is 10.00. The van der Waals surface area contributed by atoms with Crippen molar-refractivity contribution in [1.82, 2.24) is 0 Å². The highest BCUT2D eigenvalue weighted by Crippen LogP contribution is 2.43. The van der Waals surface area contributed by atoms with Gasteiger partial charge in [0.1, 0.15) is 36.6 Å². The predicted octanol–water partition coefficient (Wildman–Crippen LogP) is 5.90. The minimum atomic E-state index is -0.826. The van der Waals surface area contributed by atoms with Crippen molar-refractivity contribution in [2.45, 2.75) is 121 Å². The topological polar surface area (TPSA) is 92.3 Å². The van der Waals surface area contributed by atoms with Gasteiger partial charge in [-0.05, 0) is 44.4 Å². The van der Waals surface area contributed by atoms with Crippen molar-refractivity contribution in [3.8, 4) is 0 Å². The monoisotopic (exact) mass is 676 g/mol. The van der Waals surface area contributed by atoms with Gasteiger partial charge in [-0.15, -0.1) is 0 Å². The number of benzene rings is 3. The third-order valence-corrected chi connectivity index (χ3v) is 9.20. The molecule has 0 unspecified atom stereocenters. The molecule has 49 heavy (non-hydrogen) atoms. The van der Waals surface area contributed by atoms with E-state index < -0.39 is 54.7 Å². The number of hydrogen-bond acceptors (Lipinski definition) is 10. The van der Waals surface area contributed by atoms with Crippen LogP contribution in [0.5, 0.6) is 0 Å². The van der Waals surface area contributed by atoms with Crippen LogP contribution in [0.2, 0.25) is 0 Å². The molecule has 0 radical (unpaired) electrons. The van der Waals surface area contributed by atoms with Crippen LogP contribution in [0, 0.1) is 0 Å². The Morgan fingerprint density at radius 1 is 0.633 bits per heavy atom. The second kappa shape index (κ2) is 15.2. The van der Waals surface area contributed by atoms with Gasteiger partial charge in [0.2, 0.25) is 0 Å². The maximum Gasteiger partial charge on any atom is 0.190 e. The molecule has 9 atom stereocenters. The van der Waals surface area contributed by atoms with Gasteiger partial charge < -0.3 is 47.4 Å². The van der Waals surface area contributed by atoms with E-state index in [1.165, 1.54) is 0 Å². The molecular formula is C39H48O10. The van der Waals surface area contributed by atoms with Crippen molar-refractivity contribution >= 4 is 0 Å². The van der Waals surface area contributed by atoms with Crippen LogP contribution in [0.1, 0.15) is 50.8 Å². The average Bonchev–Trinajstić information content (AvgIpc) is 3.72. The molecule has 0 aromatic heterocycles. The molecule has 10 nitrogen and oxygen atoms in total. The van der Waals surface area contributed by atoms with E-state index in [1.807, 2.05) is 107 Å². The number of ether oxygens (including phenoxy) is 10. The number of fused-ring (bicyclic) bond motifs is 1. The zero-order valence-corrected chi connectivity index (χ0v) is 28.7. The van der Waals surface area contributed by atoms with E-state index in [1.54, 1.807) is 0 Å². The molecule has 4 heterocycles. The maximum absolute atomic E-state index is 6.86. The van der Waals surface area contributed by atoms with Gasteiger partial charge in [-0.1, -0.05) is 91.0 Å². The lowest BCUT2D eigenvalue weighted by Gasteiger charge is -2.42. The van der Waals surface area contributed by atoms with Crippen LogP contribution in [0.25, 0.3) is 0 Å². The molecule has 264 valence electrons. The third kappa shape index (κ3) is 8.77. The smallest absolute Gasteiger partial charge is 0.190 e. The van der Waals surface area contributed by atoms with E-state index in [9.17, 15) is 0 Å². The SMILES string of the molecule is CC1(C)O[C@H]2O[C@H]([C@H]3COC(C)(C)O3)[C@H](O[C@@H]3C[C@@H](OCc4ccccc4)[C@H](OCc4ccccc4)[C@@H](COCc4ccccc4)O3)[C@H]2O1. The summed E-state index contributed by atoms with van der Waals surface area (Å²) in [4.78, 5) is 0. The summed E-state index contributed by atoms with van der Waals surface area (Å²) in [6, 6.07) is 30.3. The maximum atomic E-state index is 6.86. The molecule has 7 rings (SSSR count). The summed E-state index contributed by atoms with van der Waals surface area (Å²) >= 11 is 0. The standard InChI is InChI=1S/C39H48O10/c1-38(2)43-25-31(47-38)34-35(36-37(46-34)49-39(3,4)48-36)45-32-20-29(41-22-27-16-10-6-11-17-27)33(42-23-28-18-12-7-13-19-28)30(44-32)24-40-21-26-14-8-5-9-15-26/h5-19,29-37H,20-25H2,1-4H3/t29-,30-,31-,32-,33+,34-,35+,36-,37-/m1/s1. The Hall–Kier alpha value is -2.74. The van der Waals surface area contributed by atoms with Crippen LogP contribution >= 0.6 is 0 Å². The van der Waals surface area contributed by atoms with Crippen LogP contribution < -0.4 is 0 Å². The van der Waals surface area contributed by atoms with Crippen molar-refractivity contribution < 1.29 is 47.4 Å². The summed E-state index contributed by atoms with van der Waals surface area (Å²) in [5.74, 6) is -1.56. The fourth-order valence-corrected chi connectivity index (χ4v) is 6.91. The summed E-state index contributed by atoms with van der Waals surface area (Å²) < 4.78 is 64.2. The first-order chi connectivity index (χ1) is 23.7. The molecule has 0 spiro atoms. The second-order valence-electron chi connectivity index (χ2n) is 14.0. The van der Waals surface area contributed by atoms with E-state index in [0.29, 0.717) is 32.8 Å². The van der Waals surface area contributed by atoms with Crippen LogP contribution in [0.15, 0.2) is 91.0 Å². The Kier molecular flexibility index (Phi) is 10.8. The lowest BCUT2D eigenvalue weighted by Crippen LogP contribution is -2.55. The Labute approximate surface area is 288 Å². The molecule has 3 aromatic carbocycles. The van der Waals surface area contributed by atoms with Gasteiger partial charge in [0.25, 0.3) is 0 Å². The Bertz CT molecular complexity index is 1450. The first-order valence-corrected chi connectivity index (χ1v) is 17.3. The fourth-order valence-electron chi connectivity index (χ4n) is 6.91. The number of rotatable bonds is 13. The highest BCUT2D eigenvalue weighted by molar-refractivity contribution is 5.15. The van der Waals surface area contributed by atoms with Gasteiger partial charge in [0.05, 0.1) is 39.1 Å².